The number of carbonyl (C=O) groups excluding carboxylic acids is 11. The fourth-order valence-electron chi connectivity index (χ4n) is 14.8. The van der Waals surface area contributed by atoms with Gasteiger partial charge in [0.25, 0.3) is 0 Å². The fraction of sp³-hybridized carbons (Fsp3) is 0.547. The van der Waals surface area contributed by atoms with E-state index in [0.29, 0.717) is 86.7 Å². The number of nitrogens with one attached hydrogen (secondary N) is 6. The normalized spacial score (nSPS) is 23.0. The van der Waals surface area contributed by atoms with E-state index in [4.69, 9.17) is 27.4 Å². The fourth-order valence-corrected chi connectivity index (χ4v) is 15.0. The second-order valence-corrected chi connectivity index (χ2v) is 28.7. The van der Waals surface area contributed by atoms with Crippen LogP contribution in [0.15, 0.2) is 66.7 Å². The number of esters is 1. The summed E-state index contributed by atoms with van der Waals surface area (Å²) in [7, 11) is 0. The Bertz CT molecular complexity index is 3880. The second kappa shape index (κ2) is 37.9. The molecule has 6 aliphatic rings. The molecule has 0 aliphatic carbocycles. The minimum atomic E-state index is -1.69. The lowest BCUT2D eigenvalue weighted by Crippen LogP contribution is -2.61. The Balaban J connectivity index is 0.866. The highest BCUT2D eigenvalue weighted by Gasteiger charge is 2.54. The van der Waals surface area contributed by atoms with Gasteiger partial charge in [0.2, 0.25) is 59.1 Å². The molecule has 0 radical (unpaired) electrons. The number of benzene rings is 3. The van der Waals surface area contributed by atoms with Crippen molar-refractivity contribution in [3.63, 3.8) is 0 Å². The van der Waals surface area contributed by atoms with Crippen LogP contribution in [0.5, 0.6) is 23.0 Å². The molecule has 3 aromatic rings. The molecule has 6 aliphatic heterocycles. The predicted molar refractivity (Wildman–Crippen MR) is 392 cm³/mol. The molecule has 108 heavy (non-hydrogen) atoms. The van der Waals surface area contributed by atoms with Gasteiger partial charge in [0.15, 0.2) is 10.7 Å². The Hall–Kier alpha value is -10.4. The molecule has 3 fully saturated rings. The van der Waals surface area contributed by atoms with E-state index >= 15 is 0 Å². The van der Waals surface area contributed by atoms with Crippen LogP contribution in [0.1, 0.15) is 182 Å². The summed E-state index contributed by atoms with van der Waals surface area (Å²) in [5, 5.41) is 67.5. The smallest absolute Gasteiger partial charge is 0.340 e. The summed E-state index contributed by atoms with van der Waals surface area (Å²) < 4.78 is 12.3. The molecule has 1 spiro atoms. The summed E-state index contributed by atoms with van der Waals surface area (Å²) in [6.45, 7) is 2.36. The van der Waals surface area contributed by atoms with Gasteiger partial charge in [-0.1, -0.05) is 31.4 Å². The molecule has 0 bridgehead atoms. The third-order valence-corrected chi connectivity index (χ3v) is 20.6. The van der Waals surface area contributed by atoms with E-state index < -0.39 is 157 Å². The molecule has 8 atom stereocenters. The number of carboxylic acid groups (broad SMARTS) is 2. The molecule has 0 aromatic heterocycles. The lowest BCUT2D eigenvalue weighted by Gasteiger charge is -2.36. The number of carbonyl (C=O) groups is 13. The summed E-state index contributed by atoms with van der Waals surface area (Å²) in [6.07, 6.45) is 9.18. The molecule has 3 aromatic carbocycles. The number of nitrogens with two attached hydrogens (primary N) is 1. The number of ether oxygens (including phenoxy) is 2. The standard InChI is InChI=1S/C75H98N12O20S/c1-44-69(101)86-37-18-21-57(86)72(104)87-38-17-20-56(87)71(103)84(43-61(92)80-53(66(76)98)29-31-63(94)95)35-15-11-9-7-5-3-4-6-8-10-14-34-83(42-60(91)81-54(30-32-64(96)97)70(102)85-36-16-19-55(85)67(99)82-65(45(2)88)68(100)78-44)62(93)22-12-13-33-77-74(108)79-46-23-26-49-52(39-46)75(107-73(49)105)50-27-24-47(89)40-58(50)106-59-41-48(90)25-28-51(59)75/h3-4,23-28,39-41,44-45,53-57,65,88-90H,5-22,29-38,42-43H2,1-2H3,(H2,76,98)(H,78,100)(H,80,92)(H,81,91)(H,82,99)(H,94,95)(H,96,97)(H2,77,79,108)/b4-3-/t44-,45+,53-,54-,55-,56-,57-,65-/m0/s1. The molecular formula is C75H98N12O20S. The van der Waals surface area contributed by atoms with E-state index in [9.17, 15) is 87.9 Å². The molecule has 10 amide bonds. The summed E-state index contributed by atoms with van der Waals surface area (Å²) in [4.78, 5) is 184. The monoisotopic (exact) mass is 1520 g/mol. The number of aliphatic hydroxyl groups excluding tert-OH is 1. The largest absolute Gasteiger partial charge is 0.508 e. The third-order valence-electron chi connectivity index (χ3n) is 20.4. The van der Waals surface area contributed by atoms with E-state index in [-0.39, 0.29) is 111 Å². The SMILES string of the molecule is C[C@@H]1NC(=O)[C@H]([C@@H](C)O)NC(=O)[C@@H]2CCCN2C(=O)[C@H](CCC(=O)O)NC(=O)CN(C(=O)CCCCNC(=S)Nc2ccc3c(c2)C2(OC3=O)c3ccc(O)cc3Oc3cc(O)ccc32)CCCCC/C=C\CCCCCCN(CC(=O)N[C@@H](CCC(=O)O)C(N)=O)C(=O)[C@@H]2CCCN2C(=O)[C@@H]2CCCN2C1=O. The van der Waals surface area contributed by atoms with Crippen molar-refractivity contribution in [1.29, 1.82) is 0 Å². The van der Waals surface area contributed by atoms with Gasteiger partial charge in [0, 0.05) is 93.0 Å². The number of hydrogen-bond acceptors (Lipinski definition) is 19. The zero-order valence-electron chi connectivity index (χ0n) is 60.8. The van der Waals surface area contributed by atoms with Gasteiger partial charge in [0.05, 0.1) is 24.8 Å². The van der Waals surface area contributed by atoms with E-state index in [0.717, 1.165) is 25.7 Å². The average Bonchev–Trinajstić information content (AvgIpc) is 1.50. The highest BCUT2D eigenvalue weighted by Crippen LogP contribution is 2.57. The number of unbranched alkanes of at least 4 members (excludes halogenated alkanes) is 1. The minimum absolute atomic E-state index is 0.00327. The number of amides is 10. The molecule has 6 heterocycles. The zero-order valence-corrected chi connectivity index (χ0v) is 61.6. The number of thiocarbonyl (C=S) groups is 1. The molecule has 584 valence electrons. The summed E-state index contributed by atoms with van der Waals surface area (Å²) in [6, 6.07) is 4.69. The number of phenols is 2. The van der Waals surface area contributed by atoms with Gasteiger partial charge < -0.3 is 97.1 Å². The molecule has 0 saturated carbocycles. The van der Waals surface area contributed by atoms with Gasteiger partial charge in [-0.3, -0.25) is 57.5 Å². The second-order valence-electron chi connectivity index (χ2n) is 28.3. The van der Waals surface area contributed by atoms with Crippen LogP contribution in [0.2, 0.25) is 0 Å². The molecule has 0 unspecified atom stereocenters. The Morgan fingerprint density at radius 3 is 1.87 bits per heavy atom. The van der Waals surface area contributed by atoms with Crippen LogP contribution in [0, 0.1) is 0 Å². The quantitative estimate of drug-likeness (QED) is 0.0399. The zero-order chi connectivity index (χ0) is 77.9. The average molecular weight is 1520 g/mol. The van der Waals surface area contributed by atoms with Crippen molar-refractivity contribution in [2.24, 2.45) is 5.73 Å². The Morgan fingerprint density at radius 2 is 1.24 bits per heavy atom. The summed E-state index contributed by atoms with van der Waals surface area (Å²) in [5.74, 6) is -10.1. The van der Waals surface area contributed by atoms with Crippen molar-refractivity contribution in [1.82, 2.24) is 51.1 Å². The van der Waals surface area contributed by atoms with E-state index in [1.165, 1.54) is 62.6 Å². The van der Waals surface area contributed by atoms with E-state index in [1.807, 2.05) is 0 Å². The number of anilines is 1. The maximum atomic E-state index is 14.6. The minimum Gasteiger partial charge on any atom is -0.508 e. The maximum absolute atomic E-state index is 14.6. The topological polar surface area (TPSA) is 456 Å². The van der Waals surface area contributed by atoms with Crippen LogP contribution in [-0.2, 0) is 67.9 Å². The Kier molecular flexibility index (Phi) is 28.6. The number of primary amides is 1. The maximum Gasteiger partial charge on any atom is 0.340 e. The molecule has 9 rings (SSSR count). The number of aliphatic hydroxyl groups is 1. The first-order chi connectivity index (χ1) is 51.6. The highest BCUT2D eigenvalue weighted by atomic mass is 32.1. The Labute approximate surface area is 630 Å². The van der Waals surface area contributed by atoms with Crippen molar-refractivity contribution < 1.29 is 97.3 Å². The molecular weight excluding hydrogens is 1420 g/mol. The van der Waals surface area contributed by atoms with Crippen LogP contribution in [0.4, 0.5) is 5.69 Å². The number of rotatable bonds is 17. The number of aromatic hydroxyl groups is 2. The van der Waals surface area contributed by atoms with Gasteiger partial charge in [0.1, 0.15) is 65.3 Å². The molecule has 3 saturated heterocycles. The van der Waals surface area contributed by atoms with Crippen molar-refractivity contribution in [3.8, 4) is 23.0 Å². The Morgan fingerprint density at radius 1 is 0.648 bits per heavy atom. The number of nitrogens with zero attached hydrogens (tertiary/aromatic N) is 5. The van der Waals surface area contributed by atoms with E-state index in [2.05, 4.69) is 44.1 Å². The summed E-state index contributed by atoms with van der Waals surface area (Å²) >= 11 is 5.69. The van der Waals surface area contributed by atoms with Crippen molar-refractivity contribution in [2.45, 2.75) is 209 Å². The van der Waals surface area contributed by atoms with Crippen LogP contribution < -0.4 is 42.4 Å². The lowest BCUT2D eigenvalue weighted by molar-refractivity contribution is -0.150. The number of phenolic OH excluding ortho intramolecular Hbond substituents is 2. The third kappa shape index (κ3) is 20.6. The van der Waals surface area contributed by atoms with Gasteiger partial charge in [-0.15, -0.1) is 0 Å². The van der Waals surface area contributed by atoms with Crippen molar-refractivity contribution in [2.75, 3.05) is 57.7 Å². The van der Waals surface area contributed by atoms with Gasteiger partial charge in [-0.2, -0.15) is 0 Å². The number of fused-ring (bicyclic) bond motifs is 9. The van der Waals surface area contributed by atoms with Crippen LogP contribution in [0.3, 0.4) is 0 Å². The van der Waals surface area contributed by atoms with Crippen molar-refractivity contribution in [3.05, 3.63) is 89.0 Å². The van der Waals surface area contributed by atoms with Gasteiger partial charge in [-0.25, -0.2) is 4.79 Å². The van der Waals surface area contributed by atoms with Crippen molar-refractivity contribution >= 4 is 100.0 Å². The number of carboxylic acids is 2. The van der Waals surface area contributed by atoms with Crippen LogP contribution >= 0.6 is 12.2 Å². The molecule has 13 N–H and O–H groups in total. The van der Waals surface area contributed by atoms with Gasteiger partial charge in [-0.05, 0) is 171 Å². The first kappa shape index (κ1) is 81.6. The van der Waals surface area contributed by atoms with Gasteiger partial charge >= 0.3 is 17.9 Å². The first-order valence-corrected chi connectivity index (χ1v) is 37.6. The van der Waals surface area contributed by atoms with E-state index in [1.54, 1.807) is 30.3 Å². The lowest BCUT2D eigenvalue weighted by atomic mass is 9.77. The van der Waals surface area contributed by atoms with Crippen LogP contribution in [0.25, 0.3) is 0 Å². The first-order valence-electron chi connectivity index (χ1n) is 37.2. The predicted octanol–water partition coefficient (Wildman–Crippen LogP) is 3.39. The summed E-state index contributed by atoms with van der Waals surface area (Å²) in [5.41, 5.74) is 6.09. The number of aliphatic carboxylic acids is 2. The van der Waals surface area contributed by atoms with Crippen LogP contribution in [-0.4, -0.2) is 233 Å². The highest BCUT2D eigenvalue weighted by molar-refractivity contribution is 7.80. The molecule has 32 nitrogen and oxygen atoms in total. The molecule has 33 heteroatoms. The number of hydrogen-bond donors (Lipinski definition) is 12. The number of allylic oxidation sites excluding steroid dienone is 2.